The lowest BCUT2D eigenvalue weighted by molar-refractivity contribution is 0.356. The fraction of sp³-hybridized carbons (Fsp3) is 0.280. The summed E-state index contributed by atoms with van der Waals surface area (Å²) in [4.78, 5) is 22.3. The zero-order valence-electron chi connectivity index (χ0n) is 19.4. The number of ether oxygens (including phenoxy) is 2. The normalized spacial score (nSPS) is 13.8. The number of fused-ring (bicyclic) bond motifs is 1. The first-order valence-electron chi connectivity index (χ1n) is 11.2. The monoisotopic (exact) mass is 478 g/mol. The summed E-state index contributed by atoms with van der Waals surface area (Å²) >= 11 is 0. The van der Waals surface area contributed by atoms with Crippen molar-refractivity contribution >= 4 is 22.7 Å². The van der Waals surface area contributed by atoms with Crippen molar-refractivity contribution in [3.05, 3.63) is 71.8 Å². The number of nitrogens with zero attached hydrogens (tertiary/aromatic N) is 6. The van der Waals surface area contributed by atoms with Gasteiger partial charge in [0.15, 0.2) is 23.1 Å². The van der Waals surface area contributed by atoms with Crippen molar-refractivity contribution < 1.29 is 18.3 Å². The molecule has 8 nitrogen and oxygen atoms in total. The molecule has 2 aromatic heterocycles. The maximum absolute atomic E-state index is 13.5. The summed E-state index contributed by atoms with van der Waals surface area (Å²) in [6, 6.07) is 7.65. The summed E-state index contributed by atoms with van der Waals surface area (Å²) in [6.45, 7) is 2.92. The third kappa shape index (κ3) is 4.64. The Hall–Kier alpha value is -4.08. The van der Waals surface area contributed by atoms with Crippen LogP contribution in [0.5, 0.6) is 11.5 Å². The van der Waals surface area contributed by atoms with Crippen LogP contribution in [0.15, 0.2) is 49.1 Å². The fourth-order valence-corrected chi connectivity index (χ4v) is 4.23. The highest BCUT2D eigenvalue weighted by Crippen LogP contribution is 2.35. The predicted molar refractivity (Wildman–Crippen MR) is 128 cm³/mol. The van der Waals surface area contributed by atoms with Crippen LogP contribution in [0.4, 0.5) is 20.5 Å². The smallest absolute Gasteiger partial charge is 0.225 e. The van der Waals surface area contributed by atoms with E-state index >= 15 is 0 Å². The van der Waals surface area contributed by atoms with E-state index in [1.54, 1.807) is 39.0 Å². The van der Waals surface area contributed by atoms with Gasteiger partial charge in [0.2, 0.25) is 5.95 Å². The highest BCUT2D eigenvalue weighted by molar-refractivity contribution is 5.92. The van der Waals surface area contributed by atoms with Crippen molar-refractivity contribution in [1.82, 2.24) is 19.9 Å². The van der Waals surface area contributed by atoms with Gasteiger partial charge in [-0.25, -0.2) is 28.7 Å². The second-order valence-electron chi connectivity index (χ2n) is 8.21. The maximum Gasteiger partial charge on any atom is 0.225 e. The molecular weight excluding hydrogens is 454 g/mol. The number of rotatable bonds is 6. The average Bonchev–Trinajstić information content (AvgIpc) is 2.90. The molecule has 0 radical (unpaired) electrons. The first kappa shape index (κ1) is 22.7. The molecule has 0 unspecified atom stereocenters. The van der Waals surface area contributed by atoms with Gasteiger partial charge < -0.3 is 19.3 Å². The van der Waals surface area contributed by atoms with Crippen LogP contribution in [0.2, 0.25) is 0 Å². The van der Waals surface area contributed by atoms with Crippen LogP contribution in [0, 0.1) is 11.6 Å². The number of benzene rings is 2. The molecule has 0 amide bonds. The average molecular weight is 479 g/mol. The van der Waals surface area contributed by atoms with Crippen molar-refractivity contribution in [1.29, 1.82) is 0 Å². The van der Waals surface area contributed by atoms with Crippen LogP contribution < -0.4 is 19.3 Å². The van der Waals surface area contributed by atoms with Gasteiger partial charge in [-0.15, -0.1) is 0 Å². The Labute approximate surface area is 201 Å². The van der Waals surface area contributed by atoms with E-state index in [0.29, 0.717) is 29.4 Å². The molecule has 0 spiro atoms. The molecule has 1 fully saturated rings. The molecule has 10 heteroatoms. The Kier molecular flexibility index (Phi) is 6.26. The summed E-state index contributed by atoms with van der Waals surface area (Å²) in [5, 5.41) is 0.899. The van der Waals surface area contributed by atoms with E-state index in [1.165, 1.54) is 6.07 Å². The summed E-state index contributed by atoms with van der Waals surface area (Å²) < 4.78 is 37.5. The molecule has 4 aromatic rings. The molecule has 180 valence electrons. The zero-order valence-corrected chi connectivity index (χ0v) is 19.4. The van der Waals surface area contributed by atoms with E-state index in [0.717, 1.165) is 54.5 Å². The van der Waals surface area contributed by atoms with Crippen LogP contribution in [-0.2, 0) is 6.42 Å². The second kappa shape index (κ2) is 9.65. The molecule has 1 saturated heterocycles. The van der Waals surface area contributed by atoms with Gasteiger partial charge in [0, 0.05) is 56.4 Å². The van der Waals surface area contributed by atoms with E-state index in [-0.39, 0.29) is 0 Å². The summed E-state index contributed by atoms with van der Waals surface area (Å²) in [6.07, 6.45) is 5.45. The van der Waals surface area contributed by atoms with E-state index in [1.807, 2.05) is 12.1 Å². The molecule has 0 bridgehead atoms. The molecule has 0 aliphatic carbocycles. The molecule has 1 aliphatic rings. The first-order chi connectivity index (χ1) is 17.1. The summed E-state index contributed by atoms with van der Waals surface area (Å²) in [5.41, 5.74) is 2.28. The Morgan fingerprint density at radius 3 is 2.14 bits per heavy atom. The van der Waals surface area contributed by atoms with Gasteiger partial charge in [-0.1, -0.05) is 6.07 Å². The molecule has 5 rings (SSSR count). The largest absolute Gasteiger partial charge is 0.493 e. The molecule has 3 heterocycles. The van der Waals surface area contributed by atoms with Gasteiger partial charge in [-0.3, -0.25) is 0 Å². The topological polar surface area (TPSA) is 76.5 Å². The molecule has 0 atom stereocenters. The molecule has 35 heavy (non-hydrogen) atoms. The summed E-state index contributed by atoms with van der Waals surface area (Å²) in [5.74, 6) is 1.03. The van der Waals surface area contributed by atoms with Crippen LogP contribution in [0.25, 0.3) is 10.9 Å². The van der Waals surface area contributed by atoms with Crippen molar-refractivity contribution in [3.63, 3.8) is 0 Å². The zero-order chi connectivity index (χ0) is 24.4. The lowest BCUT2D eigenvalue weighted by atomic mass is 10.1. The molecule has 1 aliphatic heterocycles. The lowest BCUT2D eigenvalue weighted by Crippen LogP contribution is -2.47. The van der Waals surface area contributed by atoms with Gasteiger partial charge in [0.25, 0.3) is 0 Å². The van der Waals surface area contributed by atoms with Crippen molar-refractivity contribution in [2.75, 3.05) is 50.2 Å². The minimum Gasteiger partial charge on any atom is -0.493 e. The Morgan fingerprint density at radius 2 is 1.46 bits per heavy atom. The number of hydrogen-bond donors (Lipinski definition) is 0. The standard InChI is InChI=1S/C25H24F2N6O2/c1-34-22-11-18-21(12-23(22)35-2)30-15-31-24(18)32-5-7-33(8-6-32)25-28-13-17(14-29-25)9-16-3-4-19(26)20(27)10-16/h3-4,10-15H,5-9H2,1-2H3. The van der Waals surface area contributed by atoms with Gasteiger partial charge >= 0.3 is 0 Å². The van der Waals surface area contributed by atoms with E-state index in [4.69, 9.17) is 9.47 Å². The van der Waals surface area contributed by atoms with Crippen molar-refractivity contribution in [2.45, 2.75) is 6.42 Å². The van der Waals surface area contributed by atoms with Gasteiger partial charge in [-0.2, -0.15) is 0 Å². The number of piperazine rings is 1. The minimum atomic E-state index is -0.855. The maximum atomic E-state index is 13.5. The third-order valence-corrected chi connectivity index (χ3v) is 6.07. The molecule has 0 saturated carbocycles. The van der Waals surface area contributed by atoms with Crippen LogP contribution in [0.1, 0.15) is 11.1 Å². The van der Waals surface area contributed by atoms with Crippen molar-refractivity contribution in [3.8, 4) is 11.5 Å². The SMILES string of the molecule is COc1cc2ncnc(N3CCN(c4ncc(Cc5ccc(F)c(F)c5)cn4)CC3)c2cc1OC. The second-order valence-corrected chi connectivity index (χ2v) is 8.21. The van der Waals surface area contributed by atoms with Gasteiger partial charge in [0.1, 0.15) is 12.1 Å². The lowest BCUT2D eigenvalue weighted by Gasteiger charge is -2.35. The fourth-order valence-electron chi connectivity index (χ4n) is 4.23. The Balaban J connectivity index is 1.27. The number of anilines is 2. The highest BCUT2D eigenvalue weighted by Gasteiger charge is 2.22. The van der Waals surface area contributed by atoms with Crippen molar-refractivity contribution in [2.24, 2.45) is 0 Å². The van der Waals surface area contributed by atoms with Crippen LogP contribution in [0.3, 0.4) is 0 Å². The van der Waals surface area contributed by atoms with Crippen LogP contribution >= 0.6 is 0 Å². The molecular formula is C25H24F2N6O2. The Morgan fingerprint density at radius 1 is 0.771 bits per heavy atom. The Bertz CT molecular complexity index is 1340. The highest BCUT2D eigenvalue weighted by atomic mass is 19.2. The quantitative estimate of drug-likeness (QED) is 0.416. The predicted octanol–water partition coefficient (Wildman–Crippen LogP) is 3.63. The van der Waals surface area contributed by atoms with Gasteiger partial charge in [0.05, 0.1) is 19.7 Å². The number of hydrogen-bond acceptors (Lipinski definition) is 8. The van der Waals surface area contributed by atoms with E-state index in [2.05, 4.69) is 29.7 Å². The third-order valence-electron chi connectivity index (χ3n) is 6.07. The van der Waals surface area contributed by atoms with Crippen LogP contribution in [-0.4, -0.2) is 60.3 Å². The minimum absolute atomic E-state index is 0.431. The van der Waals surface area contributed by atoms with E-state index < -0.39 is 11.6 Å². The first-order valence-corrected chi connectivity index (χ1v) is 11.2. The number of aromatic nitrogens is 4. The number of methoxy groups -OCH3 is 2. The molecule has 0 N–H and O–H groups in total. The van der Waals surface area contributed by atoms with E-state index in [9.17, 15) is 8.78 Å². The number of halogens is 2. The summed E-state index contributed by atoms with van der Waals surface area (Å²) in [7, 11) is 3.21. The molecule has 2 aromatic carbocycles. The van der Waals surface area contributed by atoms with Gasteiger partial charge in [-0.05, 0) is 29.3 Å².